The number of fused-ring (bicyclic) bond motifs is 1. The molecule has 3 unspecified atom stereocenters. The predicted octanol–water partition coefficient (Wildman–Crippen LogP) is 1.10. The summed E-state index contributed by atoms with van der Waals surface area (Å²) in [5.41, 5.74) is 1.12. The predicted molar refractivity (Wildman–Crippen MR) is 73.1 cm³/mol. The summed E-state index contributed by atoms with van der Waals surface area (Å²) >= 11 is 0. The smallest absolute Gasteiger partial charge is 0.261 e. The Hall–Kier alpha value is -1.55. The van der Waals surface area contributed by atoms with Gasteiger partial charge in [-0.2, -0.15) is 0 Å². The molecule has 19 heavy (non-hydrogen) atoms. The van der Waals surface area contributed by atoms with E-state index < -0.39 is 0 Å². The fourth-order valence-corrected chi connectivity index (χ4v) is 2.89. The van der Waals surface area contributed by atoms with E-state index in [0.717, 1.165) is 30.8 Å². The van der Waals surface area contributed by atoms with Crippen LogP contribution in [0.2, 0.25) is 0 Å². The molecular formula is C15H20N2O2. The summed E-state index contributed by atoms with van der Waals surface area (Å²) in [6.45, 7) is 4.10. The van der Waals surface area contributed by atoms with Crippen LogP contribution in [0.4, 0.5) is 0 Å². The topological polar surface area (TPSA) is 50.4 Å². The molecule has 2 heterocycles. The fourth-order valence-electron chi connectivity index (χ4n) is 2.89. The minimum Gasteiger partial charge on any atom is -0.480 e. The van der Waals surface area contributed by atoms with Crippen molar-refractivity contribution in [3.8, 4) is 5.75 Å². The molecule has 102 valence electrons. The molecule has 0 radical (unpaired) electrons. The van der Waals surface area contributed by atoms with Gasteiger partial charge in [0.05, 0.1) is 0 Å². The molecule has 2 aliphatic heterocycles. The van der Waals surface area contributed by atoms with Crippen molar-refractivity contribution in [3.63, 3.8) is 0 Å². The average molecular weight is 260 g/mol. The second kappa shape index (κ2) is 5.21. The van der Waals surface area contributed by atoms with Crippen LogP contribution in [-0.2, 0) is 11.2 Å². The first-order valence-corrected chi connectivity index (χ1v) is 6.98. The van der Waals surface area contributed by atoms with Crippen LogP contribution < -0.4 is 15.4 Å². The maximum atomic E-state index is 12.2. The van der Waals surface area contributed by atoms with Gasteiger partial charge in [-0.05, 0) is 30.5 Å². The van der Waals surface area contributed by atoms with E-state index in [9.17, 15) is 4.79 Å². The van der Waals surface area contributed by atoms with E-state index in [1.54, 1.807) is 0 Å². The van der Waals surface area contributed by atoms with Crippen LogP contribution >= 0.6 is 0 Å². The third-order valence-electron chi connectivity index (χ3n) is 3.86. The Morgan fingerprint density at radius 3 is 3.00 bits per heavy atom. The first kappa shape index (κ1) is 12.5. The van der Waals surface area contributed by atoms with E-state index in [-0.39, 0.29) is 18.1 Å². The van der Waals surface area contributed by atoms with Crippen LogP contribution in [0.3, 0.4) is 0 Å². The molecule has 1 fully saturated rings. The Kier molecular flexibility index (Phi) is 3.42. The summed E-state index contributed by atoms with van der Waals surface area (Å²) in [6, 6.07) is 8.09. The maximum Gasteiger partial charge on any atom is 0.261 e. The quantitative estimate of drug-likeness (QED) is 0.837. The van der Waals surface area contributed by atoms with Crippen molar-refractivity contribution in [3.05, 3.63) is 29.8 Å². The third kappa shape index (κ3) is 2.73. The number of piperidine rings is 1. The SMILES string of the molecule is CC1CNCC(NC(=O)C2Cc3ccccc3O2)C1. The molecule has 2 aliphatic rings. The number of benzene rings is 1. The van der Waals surface area contributed by atoms with E-state index in [2.05, 4.69) is 17.6 Å². The largest absolute Gasteiger partial charge is 0.480 e. The van der Waals surface area contributed by atoms with E-state index in [4.69, 9.17) is 4.74 Å². The van der Waals surface area contributed by atoms with Crippen LogP contribution in [0.15, 0.2) is 24.3 Å². The maximum absolute atomic E-state index is 12.2. The van der Waals surface area contributed by atoms with Gasteiger partial charge in [0.2, 0.25) is 0 Å². The Morgan fingerprint density at radius 2 is 2.21 bits per heavy atom. The van der Waals surface area contributed by atoms with Crippen molar-refractivity contribution >= 4 is 5.91 Å². The molecular weight excluding hydrogens is 240 g/mol. The first-order chi connectivity index (χ1) is 9.22. The highest BCUT2D eigenvalue weighted by atomic mass is 16.5. The summed E-state index contributed by atoms with van der Waals surface area (Å²) in [7, 11) is 0. The normalized spacial score (nSPS) is 29.4. The highest BCUT2D eigenvalue weighted by Gasteiger charge is 2.30. The molecule has 0 bridgehead atoms. The number of carbonyl (C=O) groups is 1. The summed E-state index contributed by atoms with van der Waals surface area (Å²) < 4.78 is 5.70. The lowest BCUT2D eigenvalue weighted by molar-refractivity contribution is -0.128. The van der Waals surface area contributed by atoms with Gasteiger partial charge in [0.15, 0.2) is 6.10 Å². The van der Waals surface area contributed by atoms with Gasteiger partial charge in [-0.3, -0.25) is 4.79 Å². The van der Waals surface area contributed by atoms with Gasteiger partial charge in [-0.15, -0.1) is 0 Å². The number of para-hydroxylation sites is 1. The Bertz CT molecular complexity index is 450. The molecule has 3 atom stereocenters. The standard InChI is InChI=1S/C15H20N2O2/c1-10-6-12(9-16-8-10)17-15(18)14-7-11-4-2-3-5-13(11)19-14/h2-5,10,12,14,16H,6-9H2,1H3,(H,17,18). The monoisotopic (exact) mass is 260 g/mol. The van der Waals surface area contributed by atoms with Crippen molar-refractivity contribution in [2.75, 3.05) is 13.1 Å². The lowest BCUT2D eigenvalue weighted by Crippen LogP contribution is -2.51. The zero-order valence-corrected chi connectivity index (χ0v) is 11.2. The van der Waals surface area contributed by atoms with E-state index in [1.807, 2.05) is 24.3 Å². The van der Waals surface area contributed by atoms with Gasteiger partial charge in [0.25, 0.3) is 5.91 Å². The fraction of sp³-hybridized carbons (Fsp3) is 0.533. The molecule has 1 saturated heterocycles. The number of ether oxygens (including phenoxy) is 1. The van der Waals surface area contributed by atoms with E-state index in [0.29, 0.717) is 12.3 Å². The second-order valence-corrected chi connectivity index (χ2v) is 5.62. The van der Waals surface area contributed by atoms with Gasteiger partial charge in [0, 0.05) is 19.0 Å². The van der Waals surface area contributed by atoms with Crippen LogP contribution in [0, 0.1) is 5.92 Å². The molecule has 4 heteroatoms. The van der Waals surface area contributed by atoms with Crippen LogP contribution in [-0.4, -0.2) is 31.1 Å². The molecule has 4 nitrogen and oxygen atoms in total. The molecule has 0 spiro atoms. The zero-order valence-electron chi connectivity index (χ0n) is 11.2. The Balaban J connectivity index is 1.58. The summed E-state index contributed by atoms with van der Waals surface area (Å²) in [5.74, 6) is 1.47. The van der Waals surface area contributed by atoms with Crippen LogP contribution in [0.25, 0.3) is 0 Å². The van der Waals surface area contributed by atoms with Gasteiger partial charge >= 0.3 is 0 Å². The van der Waals surface area contributed by atoms with E-state index >= 15 is 0 Å². The molecule has 0 aliphatic carbocycles. The minimum atomic E-state index is -0.366. The number of nitrogens with one attached hydrogen (secondary N) is 2. The third-order valence-corrected chi connectivity index (χ3v) is 3.86. The Morgan fingerprint density at radius 1 is 1.37 bits per heavy atom. The van der Waals surface area contributed by atoms with Gasteiger partial charge in [-0.1, -0.05) is 25.1 Å². The van der Waals surface area contributed by atoms with Crippen molar-refractivity contribution in [2.45, 2.75) is 31.9 Å². The summed E-state index contributed by atoms with van der Waals surface area (Å²) in [5, 5.41) is 6.44. The van der Waals surface area contributed by atoms with Crippen molar-refractivity contribution < 1.29 is 9.53 Å². The zero-order chi connectivity index (χ0) is 13.2. The van der Waals surface area contributed by atoms with Gasteiger partial charge < -0.3 is 15.4 Å². The highest BCUT2D eigenvalue weighted by Crippen LogP contribution is 2.28. The number of rotatable bonds is 2. The lowest BCUT2D eigenvalue weighted by Gasteiger charge is -2.29. The first-order valence-electron chi connectivity index (χ1n) is 6.98. The molecule has 0 aromatic heterocycles. The molecule has 1 aromatic rings. The van der Waals surface area contributed by atoms with Crippen LogP contribution in [0.1, 0.15) is 18.9 Å². The van der Waals surface area contributed by atoms with Crippen molar-refractivity contribution in [1.29, 1.82) is 0 Å². The average Bonchev–Trinajstić information content (AvgIpc) is 2.82. The van der Waals surface area contributed by atoms with Crippen molar-refractivity contribution in [2.24, 2.45) is 5.92 Å². The number of carbonyl (C=O) groups excluding carboxylic acids is 1. The highest BCUT2D eigenvalue weighted by molar-refractivity contribution is 5.82. The molecule has 3 rings (SSSR count). The van der Waals surface area contributed by atoms with Crippen LogP contribution in [0.5, 0.6) is 5.75 Å². The molecule has 0 saturated carbocycles. The minimum absolute atomic E-state index is 0.0112. The second-order valence-electron chi connectivity index (χ2n) is 5.62. The molecule has 1 amide bonds. The number of hydrogen-bond donors (Lipinski definition) is 2. The van der Waals surface area contributed by atoms with Gasteiger partial charge in [0.1, 0.15) is 5.75 Å². The molecule has 2 N–H and O–H groups in total. The number of hydrogen-bond acceptors (Lipinski definition) is 3. The lowest BCUT2D eigenvalue weighted by atomic mass is 9.97. The summed E-state index contributed by atoms with van der Waals surface area (Å²) in [6.07, 6.45) is 1.35. The van der Waals surface area contributed by atoms with E-state index in [1.165, 1.54) is 0 Å². The summed E-state index contributed by atoms with van der Waals surface area (Å²) in [4.78, 5) is 12.2. The molecule has 1 aromatic carbocycles. The Labute approximate surface area is 113 Å². The van der Waals surface area contributed by atoms with Gasteiger partial charge in [-0.25, -0.2) is 0 Å². The van der Waals surface area contributed by atoms with Crippen molar-refractivity contribution in [1.82, 2.24) is 10.6 Å². The number of amides is 1.